The van der Waals surface area contributed by atoms with E-state index in [0.29, 0.717) is 25.3 Å². The summed E-state index contributed by atoms with van der Waals surface area (Å²) in [5, 5.41) is 11.7. The van der Waals surface area contributed by atoms with E-state index in [-0.39, 0.29) is 30.2 Å². The molecule has 1 aliphatic heterocycles. The molecule has 2 aromatic heterocycles. The minimum atomic E-state index is -0.0326. The molecule has 3 aromatic rings. The number of benzene rings is 1. The highest BCUT2D eigenvalue weighted by Crippen LogP contribution is 2.33. The Labute approximate surface area is 176 Å². The maximum atomic E-state index is 13.1. The van der Waals surface area contributed by atoms with Crippen LogP contribution in [0.2, 0.25) is 0 Å². The van der Waals surface area contributed by atoms with Crippen molar-refractivity contribution in [3.8, 4) is 11.3 Å². The van der Waals surface area contributed by atoms with E-state index in [2.05, 4.69) is 27.4 Å². The number of carbonyl (C=O) groups excluding carboxylic acids is 1. The van der Waals surface area contributed by atoms with Gasteiger partial charge in [0.15, 0.2) is 0 Å². The zero-order chi connectivity index (χ0) is 19.8. The van der Waals surface area contributed by atoms with Crippen LogP contribution >= 0.6 is 12.4 Å². The molecule has 3 N–H and O–H groups in total. The molecule has 1 fully saturated rings. The minimum absolute atomic E-state index is 0. The minimum Gasteiger partial charge on any atom is -0.336 e. The van der Waals surface area contributed by atoms with Crippen LogP contribution < -0.4 is 5.73 Å². The summed E-state index contributed by atoms with van der Waals surface area (Å²) >= 11 is 0. The average Bonchev–Trinajstić information content (AvgIpc) is 3.40. The first-order chi connectivity index (χ1) is 13.5. The van der Waals surface area contributed by atoms with Crippen LogP contribution in [0.1, 0.15) is 33.4 Å². The van der Waals surface area contributed by atoms with Crippen LogP contribution in [-0.2, 0) is 7.05 Å². The number of carbonyl (C=O) groups is 1. The van der Waals surface area contributed by atoms with Crippen molar-refractivity contribution in [3.05, 3.63) is 59.0 Å². The number of rotatable bonds is 4. The quantitative estimate of drug-likeness (QED) is 0.686. The van der Waals surface area contributed by atoms with Crippen LogP contribution in [0, 0.1) is 19.8 Å². The SMILES string of the molecule is Cc1nn(C)c(C)c1-c1cc(C(=O)N2C[C@@H](CN)[C@H](c3ccccc3)C2)[nH]n1.Cl. The van der Waals surface area contributed by atoms with Gasteiger partial charge < -0.3 is 10.6 Å². The van der Waals surface area contributed by atoms with E-state index in [9.17, 15) is 4.79 Å². The number of likely N-dealkylation sites (tertiary alicyclic amines) is 1. The fourth-order valence-corrected chi connectivity index (χ4v) is 4.23. The fourth-order valence-electron chi connectivity index (χ4n) is 4.23. The molecule has 0 bridgehead atoms. The molecule has 7 nitrogen and oxygen atoms in total. The van der Waals surface area contributed by atoms with Gasteiger partial charge in [0.05, 0.1) is 11.4 Å². The number of aromatic amines is 1. The molecule has 0 saturated carbocycles. The highest BCUT2D eigenvalue weighted by molar-refractivity contribution is 5.93. The van der Waals surface area contributed by atoms with Gasteiger partial charge in [-0.1, -0.05) is 30.3 Å². The zero-order valence-electron chi connectivity index (χ0n) is 16.9. The maximum absolute atomic E-state index is 13.1. The van der Waals surface area contributed by atoms with Crippen molar-refractivity contribution in [1.29, 1.82) is 0 Å². The molecule has 1 aliphatic rings. The summed E-state index contributed by atoms with van der Waals surface area (Å²) in [7, 11) is 1.91. The highest BCUT2D eigenvalue weighted by Gasteiger charge is 2.36. The third kappa shape index (κ3) is 3.80. The molecular weight excluding hydrogens is 388 g/mol. The molecule has 29 heavy (non-hydrogen) atoms. The predicted octanol–water partition coefficient (Wildman–Crippen LogP) is 2.66. The normalized spacial score (nSPS) is 18.7. The van der Waals surface area contributed by atoms with Crippen LogP contribution in [0.15, 0.2) is 36.4 Å². The molecule has 3 heterocycles. The lowest BCUT2D eigenvalue weighted by Gasteiger charge is -2.16. The molecule has 0 radical (unpaired) electrons. The van der Waals surface area contributed by atoms with Gasteiger partial charge in [-0.2, -0.15) is 10.2 Å². The molecule has 0 aliphatic carbocycles. The monoisotopic (exact) mass is 414 g/mol. The lowest BCUT2D eigenvalue weighted by atomic mass is 9.89. The fraction of sp³-hybridized carbons (Fsp3) is 0.381. The Morgan fingerprint density at radius 1 is 1.24 bits per heavy atom. The summed E-state index contributed by atoms with van der Waals surface area (Å²) in [4.78, 5) is 15.0. The van der Waals surface area contributed by atoms with Crippen molar-refractivity contribution in [3.63, 3.8) is 0 Å². The van der Waals surface area contributed by atoms with Gasteiger partial charge in [0, 0.05) is 37.3 Å². The molecule has 0 unspecified atom stereocenters. The third-order valence-electron chi connectivity index (χ3n) is 5.83. The highest BCUT2D eigenvalue weighted by atomic mass is 35.5. The Morgan fingerprint density at radius 3 is 2.59 bits per heavy atom. The van der Waals surface area contributed by atoms with Gasteiger partial charge in [-0.3, -0.25) is 14.6 Å². The van der Waals surface area contributed by atoms with Crippen molar-refractivity contribution in [2.75, 3.05) is 19.6 Å². The summed E-state index contributed by atoms with van der Waals surface area (Å²) in [6.45, 7) is 5.85. The van der Waals surface area contributed by atoms with Gasteiger partial charge in [-0.05, 0) is 37.9 Å². The standard InChI is InChI=1S/C21H26N6O.ClH/c1-13-20(14(2)26(3)25-13)18-9-19(24-23-18)21(28)27-11-16(10-22)17(12-27)15-7-5-4-6-8-15;/h4-9,16-17H,10-12,22H2,1-3H3,(H,23,24);1H/t16-,17+;/m1./s1. The van der Waals surface area contributed by atoms with Crippen LogP contribution in [0.4, 0.5) is 0 Å². The van der Waals surface area contributed by atoms with Crippen molar-refractivity contribution in [1.82, 2.24) is 24.9 Å². The first-order valence-corrected chi connectivity index (χ1v) is 9.59. The number of amides is 1. The smallest absolute Gasteiger partial charge is 0.271 e. The first-order valence-electron chi connectivity index (χ1n) is 9.59. The molecule has 2 atom stereocenters. The predicted molar refractivity (Wildman–Crippen MR) is 115 cm³/mol. The van der Waals surface area contributed by atoms with Gasteiger partial charge in [-0.25, -0.2) is 0 Å². The van der Waals surface area contributed by atoms with Crippen LogP contribution in [0.5, 0.6) is 0 Å². The Bertz CT molecular complexity index is 996. The van der Waals surface area contributed by atoms with E-state index in [1.54, 1.807) is 0 Å². The topological polar surface area (TPSA) is 92.8 Å². The largest absolute Gasteiger partial charge is 0.336 e. The molecule has 154 valence electrons. The number of hydrogen-bond acceptors (Lipinski definition) is 4. The van der Waals surface area contributed by atoms with Gasteiger partial charge in [0.25, 0.3) is 5.91 Å². The molecule has 1 saturated heterocycles. The van der Waals surface area contributed by atoms with Gasteiger partial charge in [0.1, 0.15) is 5.69 Å². The summed E-state index contributed by atoms with van der Waals surface area (Å²) < 4.78 is 1.83. The molecule has 1 aromatic carbocycles. The average molecular weight is 415 g/mol. The Kier molecular flexibility index (Phi) is 6.10. The zero-order valence-corrected chi connectivity index (χ0v) is 17.7. The molecule has 8 heteroatoms. The van der Waals surface area contributed by atoms with E-state index in [1.165, 1.54) is 5.56 Å². The van der Waals surface area contributed by atoms with Crippen molar-refractivity contribution < 1.29 is 4.79 Å². The number of aryl methyl sites for hydroxylation is 2. The summed E-state index contributed by atoms with van der Waals surface area (Å²) in [5.41, 5.74) is 11.4. The molecule has 1 amide bonds. The van der Waals surface area contributed by atoms with E-state index in [0.717, 1.165) is 22.6 Å². The number of nitrogens with two attached hydrogens (primary N) is 1. The van der Waals surface area contributed by atoms with Crippen molar-refractivity contribution in [2.24, 2.45) is 18.7 Å². The Morgan fingerprint density at radius 2 is 1.97 bits per heavy atom. The number of H-pyrrole nitrogens is 1. The third-order valence-corrected chi connectivity index (χ3v) is 5.83. The summed E-state index contributed by atoms with van der Waals surface area (Å²) in [6.07, 6.45) is 0. The van der Waals surface area contributed by atoms with E-state index in [1.807, 2.05) is 54.7 Å². The number of aromatic nitrogens is 4. The van der Waals surface area contributed by atoms with Gasteiger partial charge >= 0.3 is 0 Å². The van der Waals surface area contributed by atoms with Crippen LogP contribution in [-0.4, -0.2) is 50.4 Å². The summed E-state index contributed by atoms with van der Waals surface area (Å²) in [6, 6.07) is 12.1. The Hall–Kier alpha value is -2.64. The van der Waals surface area contributed by atoms with Gasteiger partial charge in [0.2, 0.25) is 0 Å². The van der Waals surface area contributed by atoms with E-state index < -0.39 is 0 Å². The number of hydrogen-bond donors (Lipinski definition) is 2. The number of nitrogens with zero attached hydrogens (tertiary/aromatic N) is 4. The second-order valence-electron chi connectivity index (χ2n) is 7.56. The molecular formula is C21H27ClN6O. The van der Waals surface area contributed by atoms with Crippen LogP contribution in [0.3, 0.4) is 0 Å². The van der Waals surface area contributed by atoms with Gasteiger partial charge in [-0.15, -0.1) is 12.4 Å². The van der Waals surface area contributed by atoms with Crippen molar-refractivity contribution >= 4 is 18.3 Å². The Balaban J connectivity index is 0.00000240. The molecule has 4 rings (SSSR count). The lowest BCUT2D eigenvalue weighted by Crippen LogP contribution is -2.30. The van der Waals surface area contributed by atoms with E-state index in [4.69, 9.17) is 5.73 Å². The maximum Gasteiger partial charge on any atom is 0.271 e. The summed E-state index contributed by atoms with van der Waals surface area (Å²) in [5.74, 6) is 0.492. The lowest BCUT2D eigenvalue weighted by molar-refractivity contribution is 0.0780. The van der Waals surface area contributed by atoms with Crippen molar-refractivity contribution in [2.45, 2.75) is 19.8 Å². The van der Waals surface area contributed by atoms with E-state index >= 15 is 0 Å². The number of nitrogens with one attached hydrogen (secondary N) is 1. The second-order valence-corrected chi connectivity index (χ2v) is 7.56. The number of halogens is 1. The second kappa shape index (κ2) is 8.39. The first kappa shape index (κ1) is 21.1. The van der Waals surface area contributed by atoms with Crippen LogP contribution in [0.25, 0.3) is 11.3 Å². The molecule has 0 spiro atoms.